The average molecular weight is 339 g/mol. The second kappa shape index (κ2) is 8.15. The Morgan fingerprint density at radius 1 is 1.28 bits per heavy atom. The molecule has 0 aliphatic heterocycles. The number of benzene rings is 1. The summed E-state index contributed by atoms with van der Waals surface area (Å²) in [7, 11) is 1.57. The predicted molar refractivity (Wildman–Crippen MR) is 96.7 cm³/mol. The largest absolute Gasteiger partial charge is 0.493 e. The van der Waals surface area contributed by atoms with Crippen molar-refractivity contribution < 1.29 is 9.47 Å². The Labute approximate surface area is 146 Å². The molecule has 0 fully saturated rings. The molecule has 2 aromatic rings. The van der Waals surface area contributed by atoms with Crippen LogP contribution in [-0.4, -0.2) is 24.6 Å². The Morgan fingerprint density at radius 2 is 2.04 bits per heavy atom. The van der Waals surface area contributed by atoms with Crippen LogP contribution in [0.4, 0.5) is 0 Å². The van der Waals surface area contributed by atoms with Gasteiger partial charge in [-0.1, -0.05) is 6.92 Å². The van der Waals surface area contributed by atoms with Crippen LogP contribution in [0.5, 0.6) is 11.5 Å². The highest BCUT2D eigenvalue weighted by atomic mass is 16.5. The first-order chi connectivity index (χ1) is 12.0. The molecule has 0 radical (unpaired) electrons. The van der Waals surface area contributed by atoms with E-state index in [2.05, 4.69) is 5.10 Å². The number of ether oxygens (including phenoxy) is 2. The third-order valence-electron chi connectivity index (χ3n) is 3.64. The number of aryl methyl sites for hydroxylation is 2. The summed E-state index contributed by atoms with van der Waals surface area (Å²) in [5.41, 5.74) is 1.74. The van der Waals surface area contributed by atoms with Gasteiger partial charge in [-0.15, -0.1) is 0 Å². The van der Waals surface area contributed by atoms with Crippen LogP contribution in [0.1, 0.15) is 35.7 Å². The minimum atomic E-state index is -0.425. The predicted octanol–water partition coefficient (Wildman–Crippen LogP) is 3.02. The Kier molecular flexibility index (Phi) is 5.96. The normalized spacial score (nSPS) is 10.7. The van der Waals surface area contributed by atoms with Gasteiger partial charge in [0.2, 0.25) is 0 Å². The topological polar surface area (TPSA) is 76.6 Å². The van der Waals surface area contributed by atoms with E-state index in [4.69, 9.17) is 14.7 Å². The average Bonchev–Trinajstić information content (AvgIpc) is 2.60. The summed E-state index contributed by atoms with van der Waals surface area (Å²) in [6.07, 6.45) is 2.46. The van der Waals surface area contributed by atoms with Crippen molar-refractivity contribution in [3.05, 3.63) is 57.0 Å². The van der Waals surface area contributed by atoms with E-state index in [1.165, 1.54) is 4.68 Å². The molecule has 6 nitrogen and oxygen atoms in total. The second-order valence-corrected chi connectivity index (χ2v) is 5.58. The van der Waals surface area contributed by atoms with E-state index < -0.39 is 5.56 Å². The number of hydrogen-bond acceptors (Lipinski definition) is 5. The van der Waals surface area contributed by atoms with E-state index in [-0.39, 0.29) is 5.56 Å². The molecular formula is C19H21N3O3. The first-order valence-corrected chi connectivity index (χ1v) is 8.00. The maximum Gasteiger partial charge on any atom is 0.289 e. The number of pyridine rings is 1. The van der Waals surface area contributed by atoms with Crippen molar-refractivity contribution in [1.29, 1.82) is 5.26 Å². The Morgan fingerprint density at radius 3 is 2.68 bits per heavy atom. The Bertz CT molecular complexity index is 892. The van der Waals surface area contributed by atoms with Crippen LogP contribution in [0, 0.1) is 25.2 Å². The van der Waals surface area contributed by atoms with Crippen molar-refractivity contribution in [3.8, 4) is 17.6 Å². The summed E-state index contributed by atoms with van der Waals surface area (Å²) in [5, 5.41) is 13.3. The van der Waals surface area contributed by atoms with Crippen molar-refractivity contribution in [2.75, 3.05) is 13.7 Å². The quantitative estimate of drug-likeness (QED) is 0.758. The van der Waals surface area contributed by atoms with Gasteiger partial charge in [0, 0.05) is 5.69 Å². The van der Waals surface area contributed by atoms with Gasteiger partial charge in [-0.25, -0.2) is 4.68 Å². The summed E-state index contributed by atoms with van der Waals surface area (Å²) >= 11 is 0. The fourth-order valence-corrected chi connectivity index (χ4v) is 2.38. The van der Waals surface area contributed by atoms with Gasteiger partial charge in [-0.2, -0.15) is 10.4 Å². The number of methoxy groups -OCH3 is 1. The zero-order chi connectivity index (χ0) is 18.4. The maximum atomic E-state index is 12.3. The van der Waals surface area contributed by atoms with E-state index >= 15 is 0 Å². The molecule has 0 bridgehead atoms. The molecule has 0 amide bonds. The van der Waals surface area contributed by atoms with Gasteiger partial charge in [0.15, 0.2) is 11.5 Å². The molecule has 0 unspecified atom stereocenters. The lowest BCUT2D eigenvalue weighted by molar-refractivity contribution is 0.294. The van der Waals surface area contributed by atoms with Crippen molar-refractivity contribution in [2.24, 2.45) is 5.10 Å². The van der Waals surface area contributed by atoms with Crippen LogP contribution in [-0.2, 0) is 0 Å². The number of aromatic nitrogens is 1. The highest BCUT2D eigenvalue weighted by Crippen LogP contribution is 2.27. The molecule has 0 atom stereocenters. The second-order valence-electron chi connectivity index (χ2n) is 5.58. The summed E-state index contributed by atoms with van der Waals surface area (Å²) in [5.74, 6) is 1.26. The Balaban J connectivity index is 2.37. The molecule has 1 heterocycles. The lowest BCUT2D eigenvalue weighted by Gasteiger charge is -2.10. The van der Waals surface area contributed by atoms with Gasteiger partial charge < -0.3 is 9.47 Å². The van der Waals surface area contributed by atoms with Crippen molar-refractivity contribution >= 4 is 6.21 Å². The molecule has 0 aliphatic rings. The fourth-order valence-electron chi connectivity index (χ4n) is 2.38. The molecule has 1 aromatic carbocycles. The van der Waals surface area contributed by atoms with Crippen LogP contribution in [0.3, 0.4) is 0 Å². The van der Waals surface area contributed by atoms with Crippen LogP contribution >= 0.6 is 0 Å². The highest BCUT2D eigenvalue weighted by molar-refractivity contribution is 5.80. The van der Waals surface area contributed by atoms with E-state index in [9.17, 15) is 4.79 Å². The standard InChI is InChI=1S/C19H21N3O3/c1-5-8-25-17-7-6-15(10-18(17)24-4)12-21-22-14(3)9-13(2)16(11-20)19(22)23/h6-7,9-10,12H,5,8H2,1-4H3/b21-12+. The summed E-state index contributed by atoms with van der Waals surface area (Å²) in [6, 6.07) is 9.12. The molecule has 2 rings (SSSR count). The zero-order valence-corrected chi connectivity index (χ0v) is 14.9. The molecule has 0 saturated heterocycles. The number of hydrogen-bond donors (Lipinski definition) is 0. The molecule has 0 spiro atoms. The summed E-state index contributed by atoms with van der Waals surface area (Å²) in [4.78, 5) is 12.3. The molecule has 0 N–H and O–H groups in total. The van der Waals surface area contributed by atoms with Gasteiger partial charge in [-0.3, -0.25) is 4.79 Å². The summed E-state index contributed by atoms with van der Waals surface area (Å²) in [6.45, 7) is 6.15. The third-order valence-corrected chi connectivity index (χ3v) is 3.64. The smallest absolute Gasteiger partial charge is 0.289 e. The molecule has 25 heavy (non-hydrogen) atoms. The van der Waals surface area contributed by atoms with Crippen LogP contribution in [0.2, 0.25) is 0 Å². The first-order valence-electron chi connectivity index (χ1n) is 8.00. The monoisotopic (exact) mass is 339 g/mol. The van der Waals surface area contributed by atoms with Crippen molar-refractivity contribution in [1.82, 2.24) is 4.68 Å². The lowest BCUT2D eigenvalue weighted by Crippen LogP contribution is -2.22. The van der Waals surface area contributed by atoms with Gasteiger partial charge in [-0.05, 0) is 55.7 Å². The fraction of sp³-hybridized carbons (Fsp3) is 0.316. The van der Waals surface area contributed by atoms with Crippen LogP contribution < -0.4 is 15.0 Å². The SMILES string of the molecule is CCCOc1ccc(/C=N/n2c(C)cc(C)c(C#N)c2=O)cc1OC. The van der Waals surface area contributed by atoms with E-state index in [1.807, 2.05) is 19.1 Å². The third kappa shape index (κ3) is 4.07. The molecular weight excluding hydrogens is 318 g/mol. The molecule has 1 aromatic heterocycles. The van der Waals surface area contributed by atoms with Gasteiger partial charge in [0.1, 0.15) is 11.6 Å². The molecule has 0 saturated carbocycles. The number of nitrogens with zero attached hydrogens (tertiary/aromatic N) is 3. The first kappa shape index (κ1) is 18.3. The summed E-state index contributed by atoms with van der Waals surface area (Å²) < 4.78 is 12.2. The van der Waals surface area contributed by atoms with Crippen molar-refractivity contribution in [2.45, 2.75) is 27.2 Å². The minimum absolute atomic E-state index is 0.101. The number of rotatable bonds is 6. The highest BCUT2D eigenvalue weighted by Gasteiger charge is 2.09. The maximum absolute atomic E-state index is 12.3. The van der Waals surface area contributed by atoms with Crippen molar-refractivity contribution in [3.63, 3.8) is 0 Å². The Hall–Kier alpha value is -3.07. The minimum Gasteiger partial charge on any atom is -0.493 e. The molecule has 6 heteroatoms. The van der Waals surface area contributed by atoms with Crippen LogP contribution in [0.25, 0.3) is 0 Å². The zero-order valence-electron chi connectivity index (χ0n) is 14.9. The van der Waals surface area contributed by atoms with E-state index in [1.54, 1.807) is 45.4 Å². The van der Waals surface area contributed by atoms with Gasteiger partial charge in [0.25, 0.3) is 5.56 Å². The molecule has 130 valence electrons. The van der Waals surface area contributed by atoms with Gasteiger partial charge >= 0.3 is 0 Å². The van der Waals surface area contributed by atoms with Gasteiger partial charge in [0.05, 0.1) is 19.9 Å². The molecule has 0 aliphatic carbocycles. The lowest BCUT2D eigenvalue weighted by atomic mass is 10.1. The van der Waals surface area contributed by atoms with Crippen LogP contribution in [0.15, 0.2) is 34.2 Å². The van der Waals surface area contributed by atoms with E-state index in [0.29, 0.717) is 29.4 Å². The number of nitriles is 1. The van der Waals surface area contributed by atoms with E-state index in [0.717, 1.165) is 12.0 Å².